The maximum Gasteiger partial charge on any atom is 0.129 e. The van der Waals surface area contributed by atoms with Gasteiger partial charge < -0.3 is 5.32 Å². The van der Waals surface area contributed by atoms with Gasteiger partial charge in [-0.3, -0.25) is 4.90 Å². The Morgan fingerprint density at radius 3 is 2.90 bits per heavy atom. The van der Waals surface area contributed by atoms with E-state index in [0.717, 1.165) is 18.9 Å². The van der Waals surface area contributed by atoms with Crippen LogP contribution in [0.4, 0.5) is 5.82 Å². The van der Waals surface area contributed by atoms with Crippen molar-refractivity contribution in [2.75, 3.05) is 18.4 Å². The Labute approximate surface area is 119 Å². The van der Waals surface area contributed by atoms with E-state index in [1.165, 1.54) is 24.9 Å². The van der Waals surface area contributed by atoms with Gasteiger partial charge in [0.1, 0.15) is 12.1 Å². The van der Waals surface area contributed by atoms with Crippen LogP contribution in [0, 0.1) is 0 Å². The molecule has 1 saturated heterocycles. The highest BCUT2D eigenvalue weighted by molar-refractivity contribution is 5.33. The first kappa shape index (κ1) is 13.1. The molecule has 3 rings (SSSR count). The van der Waals surface area contributed by atoms with Crippen LogP contribution in [-0.2, 0) is 6.54 Å². The number of likely N-dealkylation sites (tertiary alicyclic amines) is 1. The van der Waals surface area contributed by atoms with Crippen LogP contribution in [0.5, 0.6) is 0 Å². The lowest BCUT2D eigenvalue weighted by molar-refractivity contribution is 0.208. The van der Waals surface area contributed by atoms with Crippen LogP contribution >= 0.6 is 0 Å². The summed E-state index contributed by atoms with van der Waals surface area (Å²) in [5, 5.41) is 3.50. The van der Waals surface area contributed by atoms with Crippen LogP contribution in [0.25, 0.3) is 0 Å². The summed E-state index contributed by atoms with van der Waals surface area (Å²) in [5.74, 6) is 0.923. The average molecular weight is 268 g/mol. The van der Waals surface area contributed by atoms with Gasteiger partial charge in [-0.2, -0.15) is 0 Å². The van der Waals surface area contributed by atoms with Crippen molar-refractivity contribution >= 4 is 5.82 Å². The minimum absolute atomic E-state index is 0.474. The number of hydrogen-bond donors (Lipinski definition) is 1. The Kier molecular flexibility index (Phi) is 4.23. The number of nitrogens with one attached hydrogen (secondary N) is 1. The van der Waals surface area contributed by atoms with Gasteiger partial charge >= 0.3 is 0 Å². The fraction of sp³-hybridized carbons (Fsp3) is 0.375. The molecule has 4 nitrogen and oxygen atoms in total. The second kappa shape index (κ2) is 6.48. The van der Waals surface area contributed by atoms with Crippen LogP contribution in [0.1, 0.15) is 18.4 Å². The Balaban J connectivity index is 1.57. The number of nitrogens with zero attached hydrogens (tertiary/aromatic N) is 3. The molecule has 0 radical (unpaired) electrons. The zero-order chi connectivity index (χ0) is 13.6. The highest BCUT2D eigenvalue weighted by Gasteiger charge is 2.19. The van der Waals surface area contributed by atoms with Crippen molar-refractivity contribution in [1.29, 1.82) is 0 Å². The summed E-state index contributed by atoms with van der Waals surface area (Å²) < 4.78 is 0. The molecule has 1 aromatic heterocycles. The summed E-state index contributed by atoms with van der Waals surface area (Å²) in [4.78, 5) is 10.7. The normalized spacial score (nSPS) is 19.7. The van der Waals surface area contributed by atoms with Gasteiger partial charge in [0.25, 0.3) is 0 Å². The molecule has 1 N–H and O–H groups in total. The SMILES string of the molecule is c1ccc(CN2CCCC(Nc3ccncn3)C2)cc1. The van der Waals surface area contributed by atoms with Gasteiger partial charge in [0, 0.05) is 25.3 Å². The van der Waals surface area contributed by atoms with Gasteiger partial charge in [-0.25, -0.2) is 9.97 Å². The van der Waals surface area contributed by atoms with E-state index in [1.54, 1.807) is 12.5 Å². The lowest BCUT2D eigenvalue weighted by Crippen LogP contribution is -2.41. The number of benzene rings is 1. The Bertz CT molecular complexity index is 467. The fourth-order valence-corrected chi connectivity index (χ4v) is 2.74. The Hall–Kier alpha value is -1.94. The van der Waals surface area contributed by atoms with Gasteiger partial charge in [-0.05, 0) is 31.0 Å². The topological polar surface area (TPSA) is 41.0 Å². The van der Waals surface area contributed by atoms with Gasteiger partial charge in [0.2, 0.25) is 0 Å². The second-order valence-corrected chi connectivity index (χ2v) is 5.30. The van der Waals surface area contributed by atoms with Crippen molar-refractivity contribution < 1.29 is 0 Å². The maximum absolute atomic E-state index is 4.24. The van der Waals surface area contributed by atoms with E-state index in [9.17, 15) is 0 Å². The predicted molar refractivity (Wildman–Crippen MR) is 80.4 cm³/mol. The summed E-state index contributed by atoms with van der Waals surface area (Å²) in [5.41, 5.74) is 1.38. The van der Waals surface area contributed by atoms with Crippen molar-refractivity contribution in [2.45, 2.75) is 25.4 Å². The quantitative estimate of drug-likeness (QED) is 0.925. The summed E-state index contributed by atoms with van der Waals surface area (Å²) in [6.07, 6.45) is 5.80. The van der Waals surface area contributed by atoms with E-state index in [-0.39, 0.29) is 0 Å². The number of piperidine rings is 1. The van der Waals surface area contributed by atoms with Crippen molar-refractivity contribution in [3.63, 3.8) is 0 Å². The lowest BCUT2D eigenvalue weighted by Gasteiger charge is -2.33. The third-order valence-electron chi connectivity index (χ3n) is 3.69. The molecule has 1 aliphatic rings. The summed E-state index contributed by atoms with van der Waals surface area (Å²) in [7, 11) is 0. The molecule has 0 amide bonds. The van der Waals surface area contributed by atoms with Gasteiger partial charge in [-0.1, -0.05) is 30.3 Å². The predicted octanol–water partition coefficient (Wildman–Crippen LogP) is 2.55. The molecule has 1 aliphatic heterocycles. The van der Waals surface area contributed by atoms with Crippen molar-refractivity contribution in [2.24, 2.45) is 0 Å². The molecule has 4 heteroatoms. The van der Waals surface area contributed by atoms with Crippen LogP contribution < -0.4 is 5.32 Å². The standard InChI is InChI=1S/C16H20N4/c1-2-5-14(6-3-1)11-20-10-4-7-15(12-20)19-16-8-9-17-13-18-16/h1-3,5-6,8-9,13,15H,4,7,10-12H2,(H,17,18,19). The third-order valence-corrected chi connectivity index (χ3v) is 3.69. The molecule has 0 spiro atoms. The van der Waals surface area contributed by atoms with Crippen molar-refractivity contribution in [3.8, 4) is 0 Å². The number of rotatable bonds is 4. The zero-order valence-corrected chi connectivity index (χ0v) is 11.6. The highest BCUT2D eigenvalue weighted by Crippen LogP contribution is 2.16. The number of aromatic nitrogens is 2. The molecule has 1 atom stereocenters. The molecule has 0 bridgehead atoms. The fourth-order valence-electron chi connectivity index (χ4n) is 2.74. The molecule has 20 heavy (non-hydrogen) atoms. The van der Waals surface area contributed by atoms with E-state index in [0.29, 0.717) is 6.04 Å². The molecule has 2 heterocycles. The van der Waals surface area contributed by atoms with E-state index in [4.69, 9.17) is 0 Å². The van der Waals surface area contributed by atoms with Crippen molar-refractivity contribution in [1.82, 2.24) is 14.9 Å². The summed E-state index contributed by atoms with van der Waals surface area (Å²) in [6, 6.07) is 13.1. The molecule has 2 aromatic rings. The second-order valence-electron chi connectivity index (χ2n) is 5.30. The van der Waals surface area contributed by atoms with E-state index < -0.39 is 0 Å². The number of anilines is 1. The molecule has 104 valence electrons. The molecule has 1 fully saturated rings. The Morgan fingerprint density at radius 1 is 1.20 bits per heavy atom. The molecule has 0 saturated carbocycles. The molecule has 1 unspecified atom stereocenters. The maximum atomic E-state index is 4.24. The van der Waals surface area contributed by atoms with E-state index in [2.05, 4.69) is 50.5 Å². The lowest BCUT2D eigenvalue weighted by atomic mass is 10.0. The van der Waals surface area contributed by atoms with E-state index in [1.807, 2.05) is 6.07 Å². The van der Waals surface area contributed by atoms with Gasteiger partial charge in [0.05, 0.1) is 0 Å². The van der Waals surface area contributed by atoms with Crippen LogP contribution in [0.2, 0.25) is 0 Å². The monoisotopic (exact) mass is 268 g/mol. The first-order chi connectivity index (χ1) is 9.90. The molecular formula is C16H20N4. The highest BCUT2D eigenvalue weighted by atomic mass is 15.2. The van der Waals surface area contributed by atoms with Gasteiger partial charge in [-0.15, -0.1) is 0 Å². The van der Waals surface area contributed by atoms with E-state index >= 15 is 0 Å². The number of hydrogen-bond acceptors (Lipinski definition) is 4. The molecule has 0 aliphatic carbocycles. The smallest absolute Gasteiger partial charge is 0.129 e. The van der Waals surface area contributed by atoms with Gasteiger partial charge in [0.15, 0.2) is 0 Å². The van der Waals surface area contributed by atoms with Crippen molar-refractivity contribution in [3.05, 3.63) is 54.5 Å². The summed E-state index contributed by atoms with van der Waals surface area (Å²) >= 11 is 0. The molecule has 1 aromatic carbocycles. The average Bonchev–Trinajstić information content (AvgIpc) is 2.50. The minimum Gasteiger partial charge on any atom is -0.366 e. The first-order valence-electron chi connectivity index (χ1n) is 7.19. The van der Waals surface area contributed by atoms with Crippen LogP contribution in [-0.4, -0.2) is 34.0 Å². The first-order valence-corrected chi connectivity index (χ1v) is 7.19. The van der Waals surface area contributed by atoms with Crippen LogP contribution in [0.15, 0.2) is 48.9 Å². The molecular weight excluding hydrogens is 248 g/mol. The Morgan fingerprint density at radius 2 is 2.10 bits per heavy atom. The largest absolute Gasteiger partial charge is 0.366 e. The summed E-state index contributed by atoms with van der Waals surface area (Å²) in [6.45, 7) is 3.28. The third kappa shape index (κ3) is 3.54. The van der Waals surface area contributed by atoms with Crippen LogP contribution in [0.3, 0.4) is 0 Å². The minimum atomic E-state index is 0.474. The zero-order valence-electron chi connectivity index (χ0n) is 11.6.